The predicted molar refractivity (Wildman–Crippen MR) is 120 cm³/mol. The zero-order valence-electron chi connectivity index (χ0n) is 18.6. The van der Waals surface area contributed by atoms with Crippen LogP contribution in [0.3, 0.4) is 0 Å². The van der Waals surface area contributed by atoms with Crippen molar-refractivity contribution in [1.82, 2.24) is 4.98 Å². The van der Waals surface area contributed by atoms with Crippen LogP contribution in [-0.2, 0) is 18.8 Å². The summed E-state index contributed by atoms with van der Waals surface area (Å²) in [6.45, 7) is 12.8. The molecular weight excluding hydrogens is 404 g/mol. The minimum atomic E-state index is -1.87. The van der Waals surface area contributed by atoms with Gasteiger partial charge in [-0.15, -0.1) is 11.3 Å². The first-order chi connectivity index (χ1) is 13.4. The number of allylic oxidation sites excluding steroid dienone is 1. The molecule has 1 amide bonds. The third-order valence-corrected chi connectivity index (χ3v) is 11.3. The van der Waals surface area contributed by atoms with Gasteiger partial charge in [0.25, 0.3) is 0 Å². The molecule has 2 rings (SSSR count). The van der Waals surface area contributed by atoms with Gasteiger partial charge in [0.05, 0.1) is 12.8 Å². The fourth-order valence-electron chi connectivity index (χ4n) is 3.36. The summed E-state index contributed by atoms with van der Waals surface area (Å²) in [4.78, 5) is 27.6. The Morgan fingerprint density at radius 1 is 1.31 bits per heavy atom. The van der Waals surface area contributed by atoms with Gasteiger partial charge < -0.3 is 14.5 Å². The number of anilines is 1. The maximum Gasteiger partial charge on any atom is 0.330 e. The number of nitrogens with zero attached hydrogens (tertiary/aromatic N) is 1. The number of amides is 1. The van der Waals surface area contributed by atoms with E-state index in [2.05, 4.69) is 44.2 Å². The fraction of sp³-hybridized carbons (Fsp3) is 0.667. The van der Waals surface area contributed by atoms with Gasteiger partial charge in [0.1, 0.15) is 0 Å². The van der Waals surface area contributed by atoms with Gasteiger partial charge in [0.15, 0.2) is 13.4 Å². The van der Waals surface area contributed by atoms with Crippen LogP contribution in [0.2, 0.25) is 18.1 Å². The first-order valence-corrected chi connectivity index (χ1v) is 13.9. The third kappa shape index (κ3) is 6.49. The Balaban J connectivity index is 2.23. The lowest BCUT2D eigenvalue weighted by Crippen LogP contribution is -2.45. The summed E-state index contributed by atoms with van der Waals surface area (Å²) in [5, 5.41) is 5.53. The predicted octanol–water partition coefficient (Wildman–Crippen LogP) is 5.10. The van der Waals surface area contributed by atoms with E-state index >= 15 is 0 Å². The Morgan fingerprint density at radius 2 is 2.00 bits per heavy atom. The van der Waals surface area contributed by atoms with Crippen LogP contribution in [0.25, 0.3) is 0 Å². The molecule has 29 heavy (non-hydrogen) atoms. The van der Waals surface area contributed by atoms with Gasteiger partial charge in [-0.2, -0.15) is 0 Å². The van der Waals surface area contributed by atoms with E-state index in [0.717, 1.165) is 25.0 Å². The number of rotatable bonds is 6. The number of aromatic nitrogens is 1. The monoisotopic (exact) mass is 438 g/mol. The lowest BCUT2D eigenvalue weighted by atomic mass is 9.76. The normalized spacial score (nSPS) is 23.2. The number of thiazole rings is 1. The summed E-state index contributed by atoms with van der Waals surface area (Å²) < 4.78 is 11.4. The number of hydrogen-bond acceptors (Lipinski definition) is 6. The second-order valence-corrected chi connectivity index (χ2v) is 14.8. The molecule has 0 saturated heterocycles. The van der Waals surface area contributed by atoms with E-state index in [-0.39, 0.29) is 34.9 Å². The minimum absolute atomic E-state index is 0.129. The van der Waals surface area contributed by atoms with Crippen molar-refractivity contribution in [3.8, 4) is 0 Å². The molecule has 1 fully saturated rings. The van der Waals surface area contributed by atoms with Gasteiger partial charge in [-0.1, -0.05) is 26.8 Å². The highest BCUT2D eigenvalue weighted by atomic mass is 32.1. The van der Waals surface area contributed by atoms with E-state index in [0.29, 0.717) is 5.13 Å². The third-order valence-electron chi connectivity index (χ3n) is 5.99. The van der Waals surface area contributed by atoms with E-state index in [4.69, 9.17) is 9.16 Å². The number of esters is 1. The molecule has 1 N–H and O–H groups in total. The van der Waals surface area contributed by atoms with Crippen molar-refractivity contribution in [3.05, 3.63) is 23.2 Å². The van der Waals surface area contributed by atoms with E-state index in [1.54, 1.807) is 0 Å². The average Bonchev–Trinajstić information content (AvgIpc) is 3.06. The molecule has 0 radical (unpaired) electrons. The number of nitrogens with one attached hydrogen (secondary N) is 1. The highest BCUT2D eigenvalue weighted by Gasteiger charge is 2.41. The average molecular weight is 439 g/mol. The van der Waals surface area contributed by atoms with Crippen LogP contribution in [-0.4, -0.2) is 38.4 Å². The second-order valence-electron chi connectivity index (χ2n) is 9.22. The lowest BCUT2D eigenvalue weighted by molar-refractivity contribution is -0.134. The van der Waals surface area contributed by atoms with Gasteiger partial charge in [0, 0.05) is 30.4 Å². The van der Waals surface area contributed by atoms with Crippen LogP contribution >= 0.6 is 11.3 Å². The van der Waals surface area contributed by atoms with E-state index < -0.39 is 8.32 Å². The van der Waals surface area contributed by atoms with Crippen LogP contribution in [0, 0.1) is 5.92 Å². The van der Waals surface area contributed by atoms with Gasteiger partial charge in [-0.3, -0.25) is 4.79 Å². The van der Waals surface area contributed by atoms with Crippen molar-refractivity contribution in [3.63, 3.8) is 0 Å². The first-order valence-electron chi connectivity index (χ1n) is 10.1. The summed E-state index contributed by atoms with van der Waals surface area (Å²) in [6.07, 6.45) is 6.36. The number of ether oxygens (including phenoxy) is 1. The summed E-state index contributed by atoms with van der Waals surface area (Å²) in [5.74, 6) is -0.157. The molecule has 1 unspecified atom stereocenters. The summed E-state index contributed by atoms with van der Waals surface area (Å²) in [5.41, 5.74) is 0.946. The second kappa shape index (κ2) is 9.53. The molecule has 6 nitrogen and oxygen atoms in total. The van der Waals surface area contributed by atoms with Crippen molar-refractivity contribution < 1.29 is 18.8 Å². The van der Waals surface area contributed by atoms with Crippen molar-refractivity contribution in [2.75, 3.05) is 12.4 Å². The van der Waals surface area contributed by atoms with Crippen molar-refractivity contribution in [2.24, 2.45) is 5.92 Å². The van der Waals surface area contributed by atoms with Crippen molar-refractivity contribution in [1.29, 1.82) is 0 Å². The Labute approximate surface area is 179 Å². The fourth-order valence-corrected chi connectivity index (χ4v) is 5.58. The van der Waals surface area contributed by atoms with Crippen molar-refractivity contribution >= 4 is 36.7 Å². The molecule has 3 atom stereocenters. The topological polar surface area (TPSA) is 77.5 Å². The molecular formula is C21H34N2O4SSi. The Hall–Kier alpha value is -1.51. The standard InChI is InChI=1S/C21H34N2O4SSi/c1-14(24)22-20-23-18(13-28-20)17-12-16(27-29(6,7)21(2,3)4)10-8-15(17)9-11-19(25)26-5/h9,11,13,15-17H,8,10,12H2,1-7H3,(H,22,23,24)/b11-9-/t15?,16-,17+/m0/s1. The number of carbonyl (C=O) groups excluding carboxylic acids is 2. The van der Waals surface area contributed by atoms with Gasteiger partial charge in [-0.05, 0) is 43.3 Å². The molecule has 0 spiro atoms. The maximum atomic E-state index is 11.6. The van der Waals surface area contributed by atoms with E-state index in [1.165, 1.54) is 31.4 Å². The molecule has 0 bridgehead atoms. The molecule has 1 aliphatic carbocycles. The Morgan fingerprint density at radius 3 is 2.59 bits per heavy atom. The summed E-state index contributed by atoms with van der Waals surface area (Å²) >= 11 is 1.43. The highest BCUT2D eigenvalue weighted by molar-refractivity contribution is 7.13. The molecule has 0 aliphatic heterocycles. The zero-order valence-corrected chi connectivity index (χ0v) is 20.4. The molecule has 0 aromatic carbocycles. The quantitative estimate of drug-likeness (QED) is 0.380. The van der Waals surface area contributed by atoms with Gasteiger partial charge >= 0.3 is 5.97 Å². The Kier molecular flexibility index (Phi) is 7.81. The van der Waals surface area contributed by atoms with E-state index in [9.17, 15) is 9.59 Å². The minimum Gasteiger partial charge on any atom is -0.466 e. The Bertz CT molecular complexity index is 754. The number of methoxy groups -OCH3 is 1. The summed E-state index contributed by atoms with van der Waals surface area (Å²) in [6, 6.07) is 0. The molecule has 1 aromatic rings. The maximum absolute atomic E-state index is 11.6. The molecule has 1 aromatic heterocycles. The number of hydrogen-bond donors (Lipinski definition) is 1. The highest BCUT2D eigenvalue weighted by Crippen LogP contribution is 2.44. The molecule has 1 saturated carbocycles. The van der Waals surface area contributed by atoms with Crippen LogP contribution in [0.15, 0.2) is 17.5 Å². The lowest BCUT2D eigenvalue weighted by Gasteiger charge is -2.42. The molecule has 8 heteroatoms. The first kappa shape index (κ1) is 23.8. The smallest absolute Gasteiger partial charge is 0.330 e. The molecule has 162 valence electrons. The number of carbonyl (C=O) groups is 2. The largest absolute Gasteiger partial charge is 0.466 e. The molecule has 1 heterocycles. The summed E-state index contributed by atoms with van der Waals surface area (Å²) in [7, 11) is -0.487. The van der Waals surface area contributed by atoms with Gasteiger partial charge in [-0.25, -0.2) is 9.78 Å². The van der Waals surface area contributed by atoms with E-state index in [1.807, 2.05) is 11.5 Å². The van der Waals surface area contributed by atoms with Crippen molar-refractivity contribution in [2.45, 2.75) is 77.1 Å². The van der Waals surface area contributed by atoms with Crippen LogP contribution in [0.5, 0.6) is 0 Å². The van der Waals surface area contributed by atoms with Crippen LogP contribution < -0.4 is 5.32 Å². The van der Waals surface area contributed by atoms with Crippen LogP contribution in [0.1, 0.15) is 58.6 Å². The zero-order chi connectivity index (χ0) is 21.8. The van der Waals surface area contributed by atoms with Gasteiger partial charge in [0.2, 0.25) is 5.91 Å². The molecule has 1 aliphatic rings. The van der Waals surface area contributed by atoms with Crippen LogP contribution in [0.4, 0.5) is 5.13 Å². The SMILES string of the molecule is COC(=O)/C=C\C1CC[C@H](O[Si](C)(C)C(C)(C)C)C[C@H]1c1csc(NC(C)=O)n1.